The largest absolute Gasteiger partial charge is 1.00 e. The van der Waals surface area contributed by atoms with E-state index < -0.39 is 5.91 Å². The number of allylic oxidation sites excluding steroid dienone is 2. The van der Waals surface area contributed by atoms with E-state index in [2.05, 4.69) is 21.7 Å². The molecule has 2 amide bonds. The summed E-state index contributed by atoms with van der Waals surface area (Å²) >= 11 is 0. The first-order valence-corrected chi connectivity index (χ1v) is 9.15. The Morgan fingerprint density at radius 1 is 1.03 bits per heavy atom. The van der Waals surface area contributed by atoms with Crippen molar-refractivity contribution in [2.24, 2.45) is 10.7 Å². The van der Waals surface area contributed by atoms with Gasteiger partial charge in [-0.25, -0.2) is 0 Å². The van der Waals surface area contributed by atoms with Gasteiger partial charge in [0.15, 0.2) is 11.5 Å². The van der Waals surface area contributed by atoms with Crippen LogP contribution >= 0.6 is 0 Å². The number of carbonyl (C=O) groups is 2. The third-order valence-electron chi connectivity index (χ3n) is 3.89. The van der Waals surface area contributed by atoms with Crippen LogP contribution in [-0.4, -0.2) is 24.6 Å². The molecular formula is C22H23LiN5O4-. The van der Waals surface area contributed by atoms with Gasteiger partial charge in [-0.1, -0.05) is 11.4 Å². The van der Waals surface area contributed by atoms with Crippen LogP contribution in [-0.2, 0) is 0 Å². The molecule has 0 aliphatic carbocycles. The smallest absolute Gasteiger partial charge is 0.696 e. The molecule has 0 aliphatic rings. The molecular weight excluding hydrogens is 405 g/mol. The first-order valence-electron chi connectivity index (χ1n) is 9.15. The van der Waals surface area contributed by atoms with Gasteiger partial charge in [0.1, 0.15) is 0 Å². The molecule has 0 spiro atoms. The van der Waals surface area contributed by atoms with Gasteiger partial charge in [0.05, 0.1) is 12.5 Å². The second-order valence-electron chi connectivity index (χ2n) is 6.22. The molecule has 0 fully saturated rings. The van der Waals surface area contributed by atoms with E-state index in [0.717, 1.165) is 0 Å². The molecule has 0 atom stereocenters. The monoisotopic (exact) mass is 428 g/mol. The predicted octanol–water partition coefficient (Wildman–Crippen LogP) is 1.50. The first kappa shape index (κ1) is 26.4. The summed E-state index contributed by atoms with van der Waals surface area (Å²) in [7, 11) is 1.65. The molecule has 9 nitrogen and oxygen atoms in total. The van der Waals surface area contributed by atoms with E-state index in [1.807, 2.05) is 0 Å². The molecule has 0 radical (unpaired) electrons. The number of amides is 2. The van der Waals surface area contributed by atoms with Crippen molar-refractivity contribution in [1.29, 1.82) is 0 Å². The minimum absolute atomic E-state index is 0. The third kappa shape index (κ3) is 7.87. The minimum Gasteiger partial charge on any atom is -0.696 e. The summed E-state index contributed by atoms with van der Waals surface area (Å²) < 4.78 is 10.0. The average Bonchev–Trinajstić information content (AvgIpc) is 3.47. The zero-order valence-corrected chi connectivity index (χ0v) is 18.4. The van der Waals surface area contributed by atoms with Crippen molar-refractivity contribution in [3.05, 3.63) is 89.7 Å². The zero-order valence-electron chi connectivity index (χ0n) is 18.4. The van der Waals surface area contributed by atoms with Gasteiger partial charge in [-0.15, -0.1) is 17.8 Å². The van der Waals surface area contributed by atoms with Gasteiger partial charge >= 0.3 is 18.9 Å². The van der Waals surface area contributed by atoms with Crippen LogP contribution in [0.4, 0.5) is 11.4 Å². The number of furan rings is 2. The molecule has 0 saturated carbocycles. The Labute approximate surface area is 198 Å². The van der Waals surface area contributed by atoms with Crippen LogP contribution in [0, 0.1) is 6.07 Å². The molecule has 3 aromatic rings. The van der Waals surface area contributed by atoms with Gasteiger partial charge in [-0.05, 0) is 43.8 Å². The molecule has 2 aromatic heterocycles. The molecule has 0 bridgehead atoms. The Kier molecular flexibility index (Phi) is 10.6. The fraction of sp³-hybridized carbons (Fsp3) is 0.136. The molecule has 1 aromatic carbocycles. The van der Waals surface area contributed by atoms with Crippen molar-refractivity contribution in [3.63, 3.8) is 0 Å². The summed E-state index contributed by atoms with van der Waals surface area (Å²) in [5.74, 6) is -0.372. The summed E-state index contributed by atoms with van der Waals surface area (Å²) in [6, 6.07) is 14.1. The SMILES string of the molecule is CN=C(C)/C([NH-])=C(/C)N.O=C(Nc1[c-]ccc(NC(=O)c2ccco2)c1)c1ccco1.[Li+]. The van der Waals surface area contributed by atoms with Crippen LogP contribution in [0.5, 0.6) is 0 Å². The molecule has 3 rings (SSSR count). The summed E-state index contributed by atoms with van der Waals surface area (Å²) in [5, 5.41) is 5.30. The number of nitrogens with zero attached hydrogens (tertiary/aromatic N) is 1. The van der Waals surface area contributed by atoms with Gasteiger partial charge in [0, 0.05) is 12.8 Å². The maximum atomic E-state index is 11.9. The van der Waals surface area contributed by atoms with E-state index in [0.29, 0.717) is 28.5 Å². The number of nitrogens with two attached hydrogens (primary N) is 1. The fourth-order valence-electron chi connectivity index (χ4n) is 2.21. The molecule has 5 N–H and O–H groups in total. The summed E-state index contributed by atoms with van der Waals surface area (Å²) in [5.41, 5.74) is 15.0. The van der Waals surface area contributed by atoms with Crippen LogP contribution in [0.2, 0.25) is 0 Å². The van der Waals surface area contributed by atoms with Crippen LogP contribution in [0.1, 0.15) is 35.0 Å². The average molecular weight is 428 g/mol. The van der Waals surface area contributed by atoms with E-state index in [4.69, 9.17) is 20.3 Å². The second-order valence-corrected chi connectivity index (χ2v) is 6.22. The Morgan fingerprint density at radius 2 is 1.59 bits per heavy atom. The molecule has 162 valence electrons. The van der Waals surface area contributed by atoms with E-state index in [1.165, 1.54) is 12.5 Å². The van der Waals surface area contributed by atoms with Gasteiger partial charge < -0.3 is 30.9 Å². The molecule has 2 heterocycles. The standard InChI is InChI=1S/C16H11N2O4.C6H12N3.Li/c19-15(13-6-2-8-21-13)17-11-4-1-5-12(10-11)18-16(20)14-7-3-9-22-14;1-4(7)6(8)5(2)9-3;/h1-4,6-10H,(H,17,19)(H,18,20);8H,7H2,1-3H3;/q2*-1;+1/b;6-4+,9-5?;. The second kappa shape index (κ2) is 12.9. The molecule has 0 saturated heterocycles. The van der Waals surface area contributed by atoms with Crippen molar-refractivity contribution >= 4 is 28.9 Å². The Hall–Kier alpha value is -3.67. The van der Waals surface area contributed by atoms with E-state index >= 15 is 0 Å². The normalized spacial score (nSPS) is 11.3. The van der Waals surface area contributed by atoms with Crippen molar-refractivity contribution in [3.8, 4) is 0 Å². The first-order chi connectivity index (χ1) is 14.8. The zero-order chi connectivity index (χ0) is 22.8. The summed E-state index contributed by atoms with van der Waals surface area (Å²) in [6.45, 7) is 3.45. The number of nitrogens with one attached hydrogen (secondary N) is 3. The third-order valence-corrected chi connectivity index (χ3v) is 3.89. The van der Waals surface area contributed by atoms with Crippen molar-refractivity contribution in [2.45, 2.75) is 13.8 Å². The Balaban J connectivity index is 0.000000440. The minimum atomic E-state index is -0.393. The van der Waals surface area contributed by atoms with Crippen LogP contribution < -0.4 is 35.2 Å². The molecule has 10 heteroatoms. The van der Waals surface area contributed by atoms with E-state index in [-0.39, 0.29) is 36.3 Å². The number of hydrogen-bond acceptors (Lipinski definition) is 6. The summed E-state index contributed by atoms with van der Waals surface area (Å²) in [6.07, 6.45) is 2.83. The van der Waals surface area contributed by atoms with E-state index in [1.54, 1.807) is 63.4 Å². The Bertz CT molecular complexity index is 1010. The molecule has 0 unspecified atom stereocenters. The predicted molar refractivity (Wildman–Crippen MR) is 119 cm³/mol. The number of carbonyl (C=O) groups excluding carboxylic acids is 2. The van der Waals surface area contributed by atoms with Gasteiger partial charge in [0.2, 0.25) is 0 Å². The van der Waals surface area contributed by atoms with Crippen molar-refractivity contribution in [1.82, 2.24) is 0 Å². The summed E-state index contributed by atoms with van der Waals surface area (Å²) in [4.78, 5) is 27.5. The van der Waals surface area contributed by atoms with Gasteiger partial charge in [-0.2, -0.15) is 12.1 Å². The number of rotatable bonds is 5. The number of anilines is 2. The molecule has 32 heavy (non-hydrogen) atoms. The van der Waals surface area contributed by atoms with Crippen LogP contribution in [0.3, 0.4) is 0 Å². The molecule has 0 aliphatic heterocycles. The number of aliphatic imine (C=N–C) groups is 1. The van der Waals surface area contributed by atoms with Gasteiger partial charge in [0.25, 0.3) is 11.8 Å². The van der Waals surface area contributed by atoms with Crippen LogP contribution in [0.25, 0.3) is 5.73 Å². The topological polar surface area (TPSA) is 147 Å². The number of hydrogen-bond donors (Lipinski definition) is 3. The quantitative estimate of drug-likeness (QED) is 0.320. The van der Waals surface area contributed by atoms with Crippen molar-refractivity contribution < 1.29 is 37.3 Å². The maximum Gasteiger partial charge on any atom is 1.00 e. The number of benzene rings is 1. The van der Waals surface area contributed by atoms with Gasteiger partial charge in [-0.3, -0.25) is 14.6 Å². The van der Waals surface area contributed by atoms with E-state index in [9.17, 15) is 9.59 Å². The Morgan fingerprint density at radius 3 is 2.03 bits per heavy atom. The van der Waals surface area contributed by atoms with Crippen molar-refractivity contribution in [2.75, 3.05) is 17.7 Å². The maximum absolute atomic E-state index is 11.9. The van der Waals surface area contributed by atoms with Crippen LogP contribution in [0.15, 0.2) is 80.2 Å². The fourth-order valence-corrected chi connectivity index (χ4v) is 2.21.